The average molecular weight is 244 g/mol. The lowest BCUT2D eigenvalue weighted by Crippen LogP contribution is -2.36. The van der Waals surface area contributed by atoms with Gasteiger partial charge in [0.1, 0.15) is 0 Å². The van der Waals surface area contributed by atoms with Crippen LogP contribution in [0.5, 0.6) is 0 Å². The van der Waals surface area contributed by atoms with Crippen LogP contribution in [0.25, 0.3) is 0 Å². The van der Waals surface area contributed by atoms with E-state index in [4.69, 9.17) is 0 Å². The zero-order valence-corrected chi connectivity index (χ0v) is 9.38. The molecule has 1 saturated carbocycles. The van der Waals surface area contributed by atoms with Gasteiger partial charge in [-0.2, -0.15) is 0 Å². The molecule has 0 aromatic carbocycles. The Balaban J connectivity index is 1.94. The van der Waals surface area contributed by atoms with Crippen molar-refractivity contribution in [2.45, 2.75) is 19.8 Å². The standard InChI is InChI=1S/C10H14BrNO/c1-7-5-9(7)10(13)12-4-2-3-8(11)6-12/h3,7,9H,2,4-6H2,1H3/t7-,9-/m0/s1. The quantitative estimate of drug-likeness (QED) is 0.692. The average Bonchev–Trinajstić information content (AvgIpc) is 2.81. The monoisotopic (exact) mass is 243 g/mol. The van der Waals surface area contributed by atoms with Gasteiger partial charge in [-0.1, -0.05) is 28.9 Å². The highest BCUT2D eigenvalue weighted by Crippen LogP contribution is 2.39. The Morgan fingerprint density at radius 1 is 1.69 bits per heavy atom. The molecule has 0 bridgehead atoms. The van der Waals surface area contributed by atoms with Crippen molar-refractivity contribution in [3.8, 4) is 0 Å². The lowest BCUT2D eigenvalue weighted by atomic mass is 10.2. The van der Waals surface area contributed by atoms with Crippen LogP contribution in [0.15, 0.2) is 10.6 Å². The minimum absolute atomic E-state index is 0.332. The van der Waals surface area contributed by atoms with Crippen LogP contribution in [-0.2, 0) is 4.79 Å². The summed E-state index contributed by atoms with van der Waals surface area (Å²) in [7, 11) is 0. The van der Waals surface area contributed by atoms with Crippen LogP contribution in [0.3, 0.4) is 0 Å². The van der Waals surface area contributed by atoms with Crippen LogP contribution in [-0.4, -0.2) is 23.9 Å². The second-order valence-corrected chi connectivity index (χ2v) is 5.04. The van der Waals surface area contributed by atoms with Crippen molar-refractivity contribution in [1.82, 2.24) is 4.90 Å². The fraction of sp³-hybridized carbons (Fsp3) is 0.700. The zero-order chi connectivity index (χ0) is 9.42. The minimum Gasteiger partial charge on any atom is -0.337 e. The van der Waals surface area contributed by atoms with Crippen LogP contribution in [0, 0.1) is 11.8 Å². The van der Waals surface area contributed by atoms with E-state index < -0.39 is 0 Å². The first-order chi connectivity index (χ1) is 6.18. The van der Waals surface area contributed by atoms with Crippen molar-refractivity contribution in [2.24, 2.45) is 11.8 Å². The summed E-state index contributed by atoms with van der Waals surface area (Å²) in [5.41, 5.74) is 0. The predicted octanol–water partition coefficient (Wildman–Crippen LogP) is 2.15. The predicted molar refractivity (Wildman–Crippen MR) is 55.5 cm³/mol. The van der Waals surface area contributed by atoms with E-state index >= 15 is 0 Å². The van der Waals surface area contributed by atoms with Gasteiger partial charge in [0.15, 0.2) is 0 Å². The number of carbonyl (C=O) groups excluding carboxylic acids is 1. The fourth-order valence-electron chi connectivity index (χ4n) is 1.79. The number of hydrogen-bond acceptors (Lipinski definition) is 1. The molecule has 0 N–H and O–H groups in total. The van der Waals surface area contributed by atoms with Crippen molar-refractivity contribution in [2.75, 3.05) is 13.1 Å². The lowest BCUT2D eigenvalue weighted by Gasteiger charge is -2.25. The van der Waals surface area contributed by atoms with E-state index in [-0.39, 0.29) is 0 Å². The Hall–Kier alpha value is -0.310. The molecule has 2 nitrogen and oxygen atoms in total. The molecule has 2 atom stereocenters. The summed E-state index contributed by atoms with van der Waals surface area (Å²) in [5.74, 6) is 1.31. The molecular formula is C10H14BrNO. The minimum atomic E-state index is 0.332. The summed E-state index contributed by atoms with van der Waals surface area (Å²) < 4.78 is 1.15. The van der Waals surface area contributed by atoms with Gasteiger partial charge in [-0.05, 0) is 18.8 Å². The normalized spacial score (nSPS) is 32.8. The third kappa shape index (κ3) is 1.96. The molecule has 1 aliphatic heterocycles. The molecule has 1 aliphatic carbocycles. The first kappa shape index (κ1) is 9.25. The molecule has 1 fully saturated rings. The Bertz CT molecular complexity index is 262. The molecular weight excluding hydrogens is 230 g/mol. The van der Waals surface area contributed by atoms with Gasteiger partial charge in [-0.25, -0.2) is 0 Å². The van der Waals surface area contributed by atoms with Crippen molar-refractivity contribution >= 4 is 21.8 Å². The molecule has 2 rings (SSSR count). The number of amides is 1. The summed E-state index contributed by atoms with van der Waals surface area (Å²) in [5, 5.41) is 0. The largest absolute Gasteiger partial charge is 0.337 e. The molecule has 0 spiro atoms. The fourth-order valence-corrected chi connectivity index (χ4v) is 2.32. The van der Waals surface area contributed by atoms with E-state index in [1.54, 1.807) is 0 Å². The molecule has 13 heavy (non-hydrogen) atoms. The smallest absolute Gasteiger partial charge is 0.226 e. The second kappa shape index (κ2) is 3.45. The molecule has 3 heteroatoms. The number of rotatable bonds is 1. The summed E-state index contributed by atoms with van der Waals surface area (Å²) in [4.78, 5) is 13.8. The highest BCUT2D eigenvalue weighted by Gasteiger charge is 2.41. The van der Waals surface area contributed by atoms with E-state index in [9.17, 15) is 4.79 Å². The van der Waals surface area contributed by atoms with E-state index in [0.717, 1.165) is 30.4 Å². The molecule has 2 aliphatic rings. The first-order valence-electron chi connectivity index (χ1n) is 4.82. The Morgan fingerprint density at radius 2 is 2.38 bits per heavy atom. The number of halogens is 1. The molecule has 0 radical (unpaired) electrons. The van der Waals surface area contributed by atoms with Crippen molar-refractivity contribution in [3.63, 3.8) is 0 Å². The number of hydrogen-bond donors (Lipinski definition) is 0. The highest BCUT2D eigenvalue weighted by atomic mass is 79.9. The Morgan fingerprint density at radius 3 is 2.92 bits per heavy atom. The van der Waals surface area contributed by atoms with Crippen molar-refractivity contribution < 1.29 is 4.79 Å². The van der Waals surface area contributed by atoms with Crippen LogP contribution >= 0.6 is 15.9 Å². The lowest BCUT2D eigenvalue weighted by molar-refractivity contribution is -0.132. The Kier molecular flexibility index (Phi) is 2.45. The van der Waals surface area contributed by atoms with Gasteiger partial charge >= 0.3 is 0 Å². The van der Waals surface area contributed by atoms with Gasteiger partial charge in [-0.3, -0.25) is 4.79 Å². The third-order valence-electron chi connectivity index (χ3n) is 2.85. The number of nitrogens with zero attached hydrogens (tertiary/aromatic N) is 1. The maximum absolute atomic E-state index is 11.8. The molecule has 0 aromatic rings. The van der Waals surface area contributed by atoms with Gasteiger partial charge in [0.25, 0.3) is 0 Å². The maximum Gasteiger partial charge on any atom is 0.226 e. The third-order valence-corrected chi connectivity index (χ3v) is 3.42. The molecule has 0 aromatic heterocycles. The summed E-state index contributed by atoms with van der Waals surface area (Å²) >= 11 is 3.45. The van der Waals surface area contributed by atoms with Gasteiger partial charge in [0.2, 0.25) is 5.91 Å². The Labute approximate surface area is 87.1 Å². The van der Waals surface area contributed by atoms with Crippen LogP contribution in [0.2, 0.25) is 0 Å². The highest BCUT2D eigenvalue weighted by molar-refractivity contribution is 9.11. The SMILES string of the molecule is C[C@H]1C[C@@H]1C(=O)N1CCC=C(Br)C1. The molecule has 0 unspecified atom stereocenters. The summed E-state index contributed by atoms with van der Waals surface area (Å²) in [6.45, 7) is 3.83. The van der Waals surface area contributed by atoms with Crippen LogP contribution < -0.4 is 0 Å². The van der Waals surface area contributed by atoms with Gasteiger partial charge < -0.3 is 4.90 Å². The van der Waals surface area contributed by atoms with E-state index in [2.05, 4.69) is 28.9 Å². The van der Waals surface area contributed by atoms with Gasteiger partial charge in [-0.15, -0.1) is 0 Å². The molecule has 0 saturated heterocycles. The van der Waals surface area contributed by atoms with Crippen LogP contribution in [0.4, 0.5) is 0 Å². The van der Waals surface area contributed by atoms with Gasteiger partial charge in [0.05, 0.1) is 6.54 Å². The molecule has 1 heterocycles. The molecule has 1 amide bonds. The van der Waals surface area contributed by atoms with E-state index in [0.29, 0.717) is 17.7 Å². The summed E-state index contributed by atoms with van der Waals surface area (Å²) in [6, 6.07) is 0. The van der Waals surface area contributed by atoms with Crippen LogP contribution in [0.1, 0.15) is 19.8 Å². The van der Waals surface area contributed by atoms with E-state index in [1.807, 2.05) is 4.90 Å². The summed E-state index contributed by atoms with van der Waals surface area (Å²) in [6.07, 6.45) is 4.24. The second-order valence-electron chi connectivity index (χ2n) is 4.02. The topological polar surface area (TPSA) is 20.3 Å². The van der Waals surface area contributed by atoms with Gasteiger partial charge in [0, 0.05) is 16.9 Å². The number of carbonyl (C=O) groups is 1. The molecule has 72 valence electrons. The zero-order valence-electron chi connectivity index (χ0n) is 7.79. The first-order valence-corrected chi connectivity index (χ1v) is 5.61. The maximum atomic E-state index is 11.8. The van der Waals surface area contributed by atoms with Crippen molar-refractivity contribution in [3.05, 3.63) is 10.6 Å². The van der Waals surface area contributed by atoms with Crippen molar-refractivity contribution in [1.29, 1.82) is 0 Å². The van der Waals surface area contributed by atoms with E-state index in [1.165, 1.54) is 0 Å².